The lowest BCUT2D eigenvalue weighted by Gasteiger charge is -2.32. The van der Waals surface area contributed by atoms with Gasteiger partial charge in [-0.1, -0.05) is 0 Å². The van der Waals surface area contributed by atoms with Gasteiger partial charge in [0.05, 0.1) is 28.3 Å². The first kappa shape index (κ1) is 16.0. The van der Waals surface area contributed by atoms with Crippen LogP contribution in [-0.2, 0) is 9.31 Å². The number of pyridine rings is 1. The molecule has 1 aromatic heterocycles. The van der Waals surface area contributed by atoms with E-state index in [-0.39, 0.29) is 11.2 Å². The molecule has 114 valence electrons. The highest BCUT2D eigenvalue weighted by Crippen LogP contribution is 2.38. The third-order valence-electron chi connectivity index (χ3n) is 4.27. The molecule has 0 spiro atoms. The summed E-state index contributed by atoms with van der Waals surface area (Å²) < 4.78 is 12.0. The van der Waals surface area contributed by atoms with Gasteiger partial charge >= 0.3 is 7.12 Å². The lowest BCUT2D eigenvalue weighted by Crippen LogP contribution is -2.41. The molecule has 0 aromatic carbocycles. The van der Waals surface area contributed by atoms with Crippen molar-refractivity contribution < 1.29 is 9.31 Å². The molecule has 0 amide bonds. The van der Waals surface area contributed by atoms with Crippen LogP contribution in [0.3, 0.4) is 0 Å². The Morgan fingerprint density at radius 2 is 1.81 bits per heavy atom. The Balaban J connectivity index is 2.28. The number of nitrogen functional groups attached to an aromatic ring is 1. The molecule has 1 fully saturated rings. The summed E-state index contributed by atoms with van der Waals surface area (Å²) in [5.41, 5.74) is 14.0. The molecule has 0 saturated carbocycles. The van der Waals surface area contributed by atoms with Gasteiger partial charge in [-0.3, -0.25) is 4.98 Å². The van der Waals surface area contributed by atoms with E-state index in [9.17, 15) is 0 Å². The number of nitrogens with two attached hydrogens (primary N) is 2. The second kappa shape index (κ2) is 5.44. The topological polar surface area (TPSA) is 83.4 Å². The molecule has 1 aromatic rings. The molecule has 6 heteroatoms. The summed E-state index contributed by atoms with van der Waals surface area (Å²) in [6, 6.07) is 3.70. The van der Waals surface area contributed by atoms with Crippen LogP contribution < -0.4 is 11.5 Å². The van der Waals surface area contributed by atoms with Gasteiger partial charge in [-0.05, 0) is 58.3 Å². The minimum Gasteiger partial charge on any atom is -0.400 e. The van der Waals surface area contributed by atoms with E-state index in [4.69, 9.17) is 20.8 Å². The fraction of sp³-hybridized carbons (Fsp3) is 0.533. The number of aryl methyl sites for hydroxylation is 1. The first-order valence-electron chi connectivity index (χ1n) is 7.15. The summed E-state index contributed by atoms with van der Waals surface area (Å²) in [4.78, 5) is 4.44. The maximum atomic E-state index is 6.02. The van der Waals surface area contributed by atoms with Gasteiger partial charge in [0, 0.05) is 6.54 Å². The summed E-state index contributed by atoms with van der Waals surface area (Å²) >= 11 is 0. The van der Waals surface area contributed by atoms with Crippen LogP contribution in [0.4, 0.5) is 5.69 Å². The number of hydrogen-bond acceptors (Lipinski definition) is 5. The maximum absolute atomic E-state index is 6.02. The predicted octanol–water partition coefficient (Wildman–Crippen LogP) is 1.95. The molecule has 4 N–H and O–H groups in total. The molecule has 21 heavy (non-hydrogen) atoms. The van der Waals surface area contributed by atoms with Gasteiger partial charge in [0.1, 0.15) is 0 Å². The van der Waals surface area contributed by atoms with Crippen molar-refractivity contribution in [3.8, 4) is 0 Å². The molecule has 1 aliphatic rings. The van der Waals surface area contributed by atoms with E-state index in [1.807, 2.05) is 52.8 Å². The van der Waals surface area contributed by atoms with E-state index in [0.717, 1.165) is 16.9 Å². The van der Waals surface area contributed by atoms with Crippen LogP contribution >= 0.6 is 0 Å². The first-order chi connectivity index (χ1) is 9.66. The normalized spacial score (nSPS) is 20.9. The van der Waals surface area contributed by atoms with Crippen molar-refractivity contribution in [2.45, 2.75) is 45.8 Å². The highest BCUT2D eigenvalue weighted by atomic mass is 16.7. The maximum Gasteiger partial charge on any atom is 0.491 e. The third-order valence-corrected chi connectivity index (χ3v) is 4.27. The van der Waals surface area contributed by atoms with Gasteiger partial charge < -0.3 is 20.8 Å². The zero-order chi connectivity index (χ0) is 15.8. The van der Waals surface area contributed by atoms with Gasteiger partial charge in [-0.2, -0.15) is 0 Å². The minimum atomic E-state index is -0.445. The van der Waals surface area contributed by atoms with Crippen LogP contribution in [0, 0.1) is 6.92 Å². The molecule has 0 atom stereocenters. The highest BCUT2D eigenvalue weighted by molar-refractivity contribution is 6.55. The molecule has 0 radical (unpaired) electrons. The van der Waals surface area contributed by atoms with Crippen molar-refractivity contribution in [3.63, 3.8) is 0 Å². The summed E-state index contributed by atoms with van der Waals surface area (Å²) in [5.74, 6) is 0. The Bertz CT molecular complexity index is 554. The van der Waals surface area contributed by atoms with Crippen molar-refractivity contribution in [2.24, 2.45) is 5.73 Å². The largest absolute Gasteiger partial charge is 0.491 e. The Labute approximate surface area is 126 Å². The molecule has 5 nitrogen and oxygen atoms in total. The second-order valence-electron chi connectivity index (χ2n) is 6.42. The van der Waals surface area contributed by atoms with Crippen LogP contribution in [0.25, 0.3) is 6.08 Å². The molecule has 2 heterocycles. The fourth-order valence-electron chi connectivity index (χ4n) is 2.08. The van der Waals surface area contributed by atoms with Crippen LogP contribution in [0.5, 0.6) is 0 Å². The van der Waals surface area contributed by atoms with Gasteiger partial charge in [0.15, 0.2) is 0 Å². The summed E-state index contributed by atoms with van der Waals surface area (Å²) in [5, 5.41) is 0. The van der Waals surface area contributed by atoms with Gasteiger partial charge in [-0.15, -0.1) is 0 Å². The Kier molecular flexibility index (Phi) is 4.15. The van der Waals surface area contributed by atoms with Crippen LogP contribution in [0.1, 0.15) is 39.1 Å². The van der Waals surface area contributed by atoms with E-state index >= 15 is 0 Å². The van der Waals surface area contributed by atoms with Gasteiger partial charge in [-0.25, -0.2) is 0 Å². The number of nitrogens with zero attached hydrogens (tertiary/aromatic N) is 1. The fourth-order valence-corrected chi connectivity index (χ4v) is 2.08. The molecular formula is C15H24BN3O2. The van der Waals surface area contributed by atoms with E-state index in [0.29, 0.717) is 12.2 Å². The van der Waals surface area contributed by atoms with Crippen molar-refractivity contribution >= 4 is 18.9 Å². The van der Waals surface area contributed by atoms with E-state index < -0.39 is 7.12 Å². The molecule has 0 aliphatic carbocycles. The SMILES string of the molecule is Cc1nc(C=C(CN)B2OC(C)(C)C(C)(C)O2)ccc1N. The molecule has 0 unspecified atom stereocenters. The summed E-state index contributed by atoms with van der Waals surface area (Å²) in [6.07, 6.45) is 1.91. The van der Waals surface area contributed by atoms with Crippen molar-refractivity contribution in [2.75, 3.05) is 12.3 Å². The van der Waals surface area contributed by atoms with Crippen LogP contribution in [-0.4, -0.2) is 29.8 Å². The molecule has 1 aliphatic heterocycles. The monoisotopic (exact) mass is 289 g/mol. The quantitative estimate of drug-likeness (QED) is 0.831. The first-order valence-corrected chi connectivity index (χ1v) is 7.15. The third kappa shape index (κ3) is 3.12. The molecular weight excluding hydrogens is 265 g/mol. The lowest BCUT2D eigenvalue weighted by atomic mass is 9.77. The minimum absolute atomic E-state index is 0.349. The number of anilines is 1. The second-order valence-corrected chi connectivity index (χ2v) is 6.42. The summed E-state index contributed by atoms with van der Waals surface area (Å²) in [7, 11) is -0.445. The molecule has 2 rings (SSSR count). The van der Waals surface area contributed by atoms with Crippen LogP contribution in [0.2, 0.25) is 0 Å². The van der Waals surface area contributed by atoms with Gasteiger partial charge in [0.2, 0.25) is 0 Å². The Morgan fingerprint density at radius 3 is 2.29 bits per heavy atom. The van der Waals surface area contributed by atoms with Crippen molar-refractivity contribution in [1.82, 2.24) is 4.98 Å². The number of rotatable bonds is 3. The predicted molar refractivity (Wildman–Crippen MR) is 86.5 cm³/mol. The Morgan fingerprint density at radius 1 is 1.24 bits per heavy atom. The lowest BCUT2D eigenvalue weighted by molar-refractivity contribution is 0.00578. The van der Waals surface area contributed by atoms with E-state index in [1.165, 1.54) is 0 Å². The smallest absolute Gasteiger partial charge is 0.400 e. The Hall–Kier alpha value is -1.37. The van der Waals surface area contributed by atoms with Crippen molar-refractivity contribution in [1.29, 1.82) is 0 Å². The molecule has 1 saturated heterocycles. The number of aromatic nitrogens is 1. The van der Waals surface area contributed by atoms with E-state index in [1.54, 1.807) is 0 Å². The highest BCUT2D eigenvalue weighted by Gasteiger charge is 2.52. The standard InChI is InChI=1S/C15H24BN3O2/c1-10-13(18)7-6-12(19-10)8-11(9-17)16-20-14(2,3)15(4,5)21-16/h6-8H,9,17-18H2,1-5H3. The van der Waals surface area contributed by atoms with E-state index in [2.05, 4.69) is 4.98 Å². The molecule has 0 bridgehead atoms. The van der Waals surface area contributed by atoms with Crippen LogP contribution in [0.15, 0.2) is 17.6 Å². The van der Waals surface area contributed by atoms with Gasteiger partial charge in [0.25, 0.3) is 0 Å². The number of hydrogen-bond donors (Lipinski definition) is 2. The zero-order valence-electron chi connectivity index (χ0n) is 13.4. The van der Waals surface area contributed by atoms with Crippen molar-refractivity contribution in [3.05, 3.63) is 29.0 Å². The zero-order valence-corrected chi connectivity index (χ0v) is 13.4. The summed E-state index contributed by atoms with van der Waals surface area (Å²) in [6.45, 7) is 10.3. The average Bonchev–Trinajstić information content (AvgIpc) is 2.59. The average molecular weight is 289 g/mol.